The maximum atomic E-state index is 13.1. The Balaban J connectivity index is 1.42. The zero-order valence-electron chi connectivity index (χ0n) is 18.0. The maximum absolute atomic E-state index is 13.1. The van der Waals surface area contributed by atoms with Crippen LogP contribution in [0.15, 0.2) is 24.3 Å². The Morgan fingerprint density at radius 3 is 2.72 bits per heavy atom. The van der Waals surface area contributed by atoms with Gasteiger partial charge in [-0.15, -0.1) is 0 Å². The smallest absolute Gasteiger partial charge is 0.224 e. The van der Waals surface area contributed by atoms with Crippen LogP contribution in [-0.4, -0.2) is 28.5 Å². The molecule has 1 aromatic carbocycles. The Morgan fingerprint density at radius 2 is 2.03 bits per heavy atom. The molecule has 3 atom stereocenters. The number of amides is 1. The van der Waals surface area contributed by atoms with Crippen LogP contribution in [0.1, 0.15) is 68.3 Å². The molecular formula is C25H28ClN3O3. The molecule has 0 aliphatic heterocycles. The number of rotatable bonds is 9. The van der Waals surface area contributed by atoms with Crippen molar-refractivity contribution < 1.29 is 14.4 Å². The van der Waals surface area contributed by atoms with Crippen LogP contribution in [0.2, 0.25) is 5.02 Å². The first kappa shape index (κ1) is 22.5. The van der Waals surface area contributed by atoms with E-state index < -0.39 is 12.0 Å². The van der Waals surface area contributed by atoms with E-state index in [-0.39, 0.29) is 29.8 Å². The van der Waals surface area contributed by atoms with Crippen molar-refractivity contribution in [1.29, 1.82) is 5.26 Å². The number of H-pyrrole nitrogens is 1. The van der Waals surface area contributed by atoms with Crippen molar-refractivity contribution in [3.05, 3.63) is 35.0 Å². The van der Waals surface area contributed by atoms with Crippen LogP contribution in [0.25, 0.3) is 10.9 Å². The van der Waals surface area contributed by atoms with Crippen molar-refractivity contribution in [3.63, 3.8) is 0 Å². The molecule has 6 nitrogen and oxygen atoms in total. The van der Waals surface area contributed by atoms with Gasteiger partial charge in [0, 0.05) is 30.1 Å². The molecule has 2 saturated carbocycles. The highest BCUT2D eigenvalue weighted by atomic mass is 35.5. The van der Waals surface area contributed by atoms with Gasteiger partial charge in [-0.1, -0.05) is 43.0 Å². The van der Waals surface area contributed by atoms with Gasteiger partial charge in [-0.05, 0) is 43.7 Å². The van der Waals surface area contributed by atoms with E-state index in [1.165, 1.54) is 0 Å². The molecule has 1 aromatic heterocycles. The third kappa shape index (κ3) is 5.39. The first-order valence-electron chi connectivity index (χ1n) is 11.5. The molecule has 2 aliphatic rings. The fourth-order valence-corrected chi connectivity index (χ4v) is 4.89. The number of para-hydroxylation sites is 1. The van der Waals surface area contributed by atoms with Crippen LogP contribution >= 0.6 is 11.6 Å². The number of hydrogen-bond donors (Lipinski definition) is 2. The summed E-state index contributed by atoms with van der Waals surface area (Å²) in [6, 6.07) is 8.67. The van der Waals surface area contributed by atoms with E-state index >= 15 is 0 Å². The summed E-state index contributed by atoms with van der Waals surface area (Å²) in [6.45, 7) is 0. The molecule has 2 N–H and O–H groups in total. The highest BCUT2D eigenvalue weighted by molar-refractivity contribution is 6.35. The molecule has 32 heavy (non-hydrogen) atoms. The lowest BCUT2D eigenvalue weighted by atomic mass is 9.83. The highest BCUT2D eigenvalue weighted by Gasteiger charge is 2.33. The molecule has 0 bridgehead atoms. The number of ketones is 2. The van der Waals surface area contributed by atoms with Gasteiger partial charge in [0.2, 0.25) is 5.91 Å². The Labute approximate surface area is 192 Å². The molecule has 1 amide bonds. The number of aromatic nitrogens is 1. The third-order valence-electron chi connectivity index (χ3n) is 6.70. The minimum absolute atomic E-state index is 0.0767. The number of aromatic amines is 1. The Hall–Kier alpha value is -2.65. The van der Waals surface area contributed by atoms with Gasteiger partial charge in [0.15, 0.2) is 5.78 Å². The van der Waals surface area contributed by atoms with E-state index in [4.69, 9.17) is 11.6 Å². The van der Waals surface area contributed by atoms with E-state index in [1.54, 1.807) is 12.1 Å². The summed E-state index contributed by atoms with van der Waals surface area (Å²) in [5.41, 5.74) is 1.15. The van der Waals surface area contributed by atoms with Crippen molar-refractivity contribution in [1.82, 2.24) is 10.3 Å². The number of Topliss-reactive ketones (excluding diaryl/α,β-unsaturated/α-hetero) is 2. The van der Waals surface area contributed by atoms with E-state index in [1.807, 2.05) is 12.1 Å². The third-order valence-corrected chi connectivity index (χ3v) is 7.01. The van der Waals surface area contributed by atoms with Gasteiger partial charge in [-0.25, -0.2) is 0 Å². The summed E-state index contributed by atoms with van der Waals surface area (Å²) in [5.74, 6) is -0.421. The maximum Gasteiger partial charge on any atom is 0.224 e. The average molecular weight is 454 g/mol. The topological polar surface area (TPSA) is 103 Å². The van der Waals surface area contributed by atoms with Crippen LogP contribution in [0.4, 0.5) is 0 Å². The molecule has 168 valence electrons. The van der Waals surface area contributed by atoms with Gasteiger partial charge in [0.1, 0.15) is 11.8 Å². The van der Waals surface area contributed by atoms with Gasteiger partial charge in [0.05, 0.1) is 22.3 Å². The highest BCUT2D eigenvalue weighted by Crippen LogP contribution is 2.37. The predicted octanol–water partition coefficient (Wildman–Crippen LogP) is 4.97. The fourth-order valence-electron chi connectivity index (χ4n) is 4.66. The van der Waals surface area contributed by atoms with Crippen LogP contribution in [0.3, 0.4) is 0 Å². The van der Waals surface area contributed by atoms with Gasteiger partial charge < -0.3 is 10.3 Å². The summed E-state index contributed by atoms with van der Waals surface area (Å²) < 4.78 is 0. The van der Waals surface area contributed by atoms with E-state index in [9.17, 15) is 19.6 Å². The lowest BCUT2D eigenvalue weighted by molar-refractivity contribution is -0.127. The van der Waals surface area contributed by atoms with Crippen molar-refractivity contribution >= 4 is 40.0 Å². The van der Waals surface area contributed by atoms with Gasteiger partial charge >= 0.3 is 0 Å². The Bertz CT molecular complexity index is 1070. The monoisotopic (exact) mass is 453 g/mol. The van der Waals surface area contributed by atoms with Crippen LogP contribution in [0.5, 0.6) is 0 Å². The standard InChI is InChI=1S/C25H28ClN3O3/c26-20-6-3-5-17-12-21(29-24(17)20)23(31)13-18(10-15-8-9-15)25(32)28-19(14-27)11-16-4-1-2-7-22(16)30/h3,5-6,12,15-16,18-19,29H,1-2,4,7-11,13H2,(H,28,32)/t16-,18-,19-/m0/s1. The zero-order valence-corrected chi connectivity index (χ0v) is 18.8. The molecule has 7 heteroatoms. The zero-order chi connectivity index (χ0) is 22.7. The number of nitrogens with zero attached hydrogens (tertiary/aromatic N) is 1. The molecule has 0 spiro atoms. The van der Waals surface area contributed by atoms with Crippen LogP contribution < -0.4 is 5.32 Å². The molecule has 2 aromatic rings. The summed E-state index contributed by atoms with van der Waals surface area (Å²) in [7, 11) is 0. The van der Waals surface area contributed by atoms with E-state index in [2.05, 4.69) is 16.4 Å². The molecule has 0 unspecified atom stereocenters. The minimum Gasteiger partial charge on any atom is -0.351 e. The largest absolute Gasteiger partial charge is 0.351 e. The Morgan fingerprint density at radius 1 is 1.22 bits per heavy atom. The normalized spacial score (nSPS) is 20.5. The second-order valence-corrected chi connectivity index (χ2v) is 9.63. The first-order valence-corrected chi connectivity index (χ1v) is 11.9. The van der Waals surface area contributed by atoms with Gasteiger partial charge in [0.25, 0.3) is 0 Å². The Kier molecular flexibility index (Phi) is 6.95. The summed E-state index contributed by atoms with van der Waals surface area (Å²) in [5, 5.41) is 13.8. The number of carbonyl (C=O) groups is 3. The van der Waals surface area contributed by atoms with Crippen molar-refractivity contribution in [2.75, 3.05) is 0 Å². The number of carbonyl (C=O) groups excluding carboxylic acids is 3. The van der Waals surface area contributed by atoms with Crippen molar-refractivity contribution in [3.8, 4) is 6.07 Å². The molecular weight excluding hydrogens is 426 g/mol. The fraction of sp³-hybridized carbons (Fsp3) is 0.520. The van der Waals surface area contributed by atoms with Crippen molar-refractivity contribution in [2.45, 2.75) is 63.8 Å². The second-order valence-electron chi connectivity index (χ2n) is 9.23. The van der Waals surface area contributed by atoms with E-state index in [0.29, 0.717) is 41.4 Å². The second kappa shape index (κ2) is 9.87. The molecule has 0 radical (unpaired) electrons. The molecule has 2 fully saturated rings. The number of fused-ring (bicyclic) bond motifs is 1. The number of nitriles is 1. The minimum atomic E-state index is -0.710. The number of nitrogens with one attached hydrogen (secondary N) is 2. The summed E-state index contributed by atoms with van der Waals surface area (Å²) >= 11 is 6.21. The van der Waals surface area contributed by atoms with Gasteiger partial charge in [-0.2, -0.15) is 5.26 Å². The predicted molar refractivity (Wildman–Crippen MR) is 122 cm³/mol. The SMILES string of the molecule is N#C[C@H](C[C@@H]1CCCCC1=O)NC(=O)[C@H](CC(=O)c1cc2cccc(Cl)c2[nH]1)CC1CC1. The molecule has 1 heterocycles. The summed E-state index contributed by atoms with van der Waals surface area (Å²) in [4.78, 5) is 41.3. The lowest BCUT2D eigenvalue weighted by Crippen LogP contribution is -2.41. The molecule has 4 rings (SSSR count). The van der Waals surface area contributed by atoms with E-state index in [0.717, 1.165) is 37.5 Å². The molecule has 0 saturated heterocycles. The van der Waals surface area contributed by atoms with Crippen LogP contribution in [0, 0.1) is 29.1 Å². The van der Waals surface area contributed by atoms with Gasteiger partial charge in [-0.3, -0.25) is 14.4 Å². The van der Waals surface area contributed by atoms with Crippen LogP contribution in [-0.2, 0) is 9.59 Å². The molecule has 2 aliphatic carbocycles. The number of hydrogen-bond acceptors (Lipinski definition) is 4. The van der Waals surface area contributed by atoms with Crippen molar-refractivity contribution in [2.24, 2.45) is 17.8 Å². The quantitative estimate of drug-likeness (QED) is 0.523. The lowest BCUT2D eigenvalue weighted by Gasteiger charge is -2.24. The number of halogens is 1. The number of benzene rings is 1. The first-order chi connectivity index (χ1) is 15.4. The average Bonchev–Trinajstić information content (AvgIpc) is 3.48. The summed E-state index contributed by atoms with van der Waals surface area (Å²) in [6.07, 6.45) is 6.43.